The number of hydrogen-bond acceptors (Lipinski definition) is 2. The highest BCUT2D eigenvalue weighted by atomic mass is 14.9. The third-order valence-electron chi connectivity index (χ3n) is 3.59. The summed E-state index contributed by atoms with van der Waals surface area (Å²) < 4.78 is 0. The van der Waals surface area contributed by atoms with Crippen molar-refractivity contribution in [3.05, 3.63) is 73.2 Å². The molecule has 3 heteroatoms. The summed E-state index contributed by atoms with van der Waals surface area (Å²) in [5.74, 6) is 0. The molecule has 21 heavy (non-hydrogen) atoms. The Morgan fingerprint density at radius 2 is 1.38 bits per heavy atom. The number of fused-ring (bicyclic) bond motifs is 1. The fourth-order valence-electron chi connectivity index (χ4n) is 2.58. The number of nitrogens with one attached hydrogen (secondary N) is 1. The minimum Gasteiger partial charge on any atom is -0.343 e. The highest BCUT2D eigenvalue weighted by Crippen LogP contribution is 2.31. The van der Waals surface area contributed by atoms with Crippen LogP contribution in [0.3, 0.4) is 0 Å². The first-order valence-electron chi connectivity index (χ1n) is 6.86. The van der Waals surface area contributed by atoms with Crippen LogP contribution in [-0.2, 0) is 0 Å². The Balaban J connectivity index is 1.97. The second-order valence-corrected chi connectivity index (χ2v) is 4.88. The molecular formula is C18H13N3. The molecule has 2 heterocycles. The van der Waals surface area contributed by atoms with Crippen LogP contribution in [0.2, 0.25) is 0 Å². The van der Waals surface area contributed by atoms with Crippen LogP contribution in [0, 0.1) is 0 Å². The zero-order chi connectivity index (χ0) is 14.1. The Morgan fingerprint density at radius 1 is 0.714 bits per heavy atom. The fourth-order valence-corrected chi connectivity index (χ4v) is 2.58. The van der Waals surface area contributed by atoms with Crippen molar-refractivity contribution in [3.63, 3.8) is 0 Å². The minimum atomic E-state index is 0.933. The minimum absolute atomic E-state index is 0.933. The molecular weight excluding hydrogens is 258 g/mol. The summed E-state index contributed by atoms with van der Waals surface area (Å²) in [4.78, 5) is 12.4. The van der Waals surface area contributed by atoms with Crippen molar-refractivity contribution >= 4 is 11.0 Å². The number of benzene rings is 2. The molecule has 3 nitrogen and oxygen atoms in total. The lowest BCUT2D eigenvalue weighted by Gasteiger charge is -2.06. The van der Waals surface area contributed by atoms with Crippen LogP contribution in [0.25, 0.3) is 33.4 Å². The highest BCUT2D eigenvalue weighted by Gasteiger charge is 2.12. The molecule has 0 spiro atoms. The van der Waals surface area contributed by atoms with E-state index in [1.54, 1.807) is 6.33 Å². The topological polar surface area (TPSA) is 41.6 Å². The van der Waals surface area contributed by atoms with Crippen molar-refractivity contribution in [3.8, 4) is 22.4 Å². The van der Waals surface area contributed by atoms with Crippen LogP contribution < -0.4 is 0 Å². The maximum absolute atomic E-state index is 4.65. The third-order valence-corrected chi connectivity index (χ3v) is 3.59. The molecule has 0 unspecified atom stereocenters. The van der Waals surface area contributed by atoms with Gasteiger partial charge in [-0.25, -0.2) is 4.98 Å². The van der Waals surface area contributed by atoms with E-state index in [-0.39, 0.29) is 0 Å². The largest absolute Gasteiger partial charge is 0.343 e. The molecule has 0 saturated carbocycles. The Morgan fingerprint density at radius 3 is 2.10 bits per heavy atom. The second-order valence-electron chi connectivity index (χ2n) is 4.88. The third kappa shape index (κ3) is 1.99. The molecule has 4 aromatic rings. The van der Waals surface area contributed by atoms with Gasteiger partial charge in [0.25, 0.3) is 0 Å². The van der Waals surface area contributed by atoms with Gasteiger partial charge in [-0.3, -0.25) is 4.98 Å². The van der Waals surface area contributed by atoms with E-state index in [0.717, 1.165) is 33.4 Å². The van der Waals surface area contributed by atoms with Crippen molar-refractivity contribution in [1.29, 1.82) is 0 Å². The summed E-state index contributed by atoms with van der Waals surface area (Å²) in [6, 6.07) is 20.4. The van der Waals surface area contributed by atoms with Gasteiger partial charge in [-0.05, 0) is 5.56 Å². The Labute approximate surface area is 122 Å². The summed E-state index contributed by atoms with van der Waals surface area (Å²) in [5.41, 5.74) is 6.12. The number of imidazole rings is 1. The van der Waals surface area contributed by atoms with Crippen molar-refractivity contribution < 1.29 is 0 Å². The highest BCUT2D eigenvalue weighted by molar-refractivity contribution is 5.98. The van der Waals surface area contributed by atoms with E-state index in [2.05, 4.69) is 39.2 Å². The average molecular weight is 271 g/mol. The van der Waals surface area contributed by atoms with E-state index < -0.39 is 0 Å². The van der Waals surface area contributed by atoms with Crippen molar-refractivity contribution in [1.82, 2.24) is 15.0 Å². The zero-order valence-corrected chi connectivity index (χ0v) is 11.3. The number of pyridine rings is 1. The van der Waals surface area contributed by atoms with E-state index in [0.29, 0.717) is 0 Å². The maximum atomic E-state index is 4.65. The fraction of sp³-hybridized carbons (Fsp3) is 0. The standard InChI is InChI=1S/C18H13N3/c1-3-7-13(8-4-1)15-11-19-16(14-9-5-2-6-10-14)18-17(15)20-12-21-18/h1-12H,(H,20,21). The summed E-state index contributed by atoms with van der Waals surface area (Å²) in [5, 5.41) is 0. The quantitative estimate of drug-likeness (QED) is 0.591. The van der Waals surface area contributed by atoms with E-state index in [4.69, 9.17) is 0 Å². The molecule has 0 radical (unpaired) electrons. The summed E-state index contributed by atoms with van der Waals surface area (Å²) in [6.07, 6.45) is 3.63. The van der Waals surface area contributed by atoms with E-state index in [1.807, 2.05) is 42.6 Å². The molecule has 4 rings (SSSR count). The van der Waals surface area contributed by atoms with Crippen LogP contribution in [0.5, 0.6) is 0 Å². The van der Waals surface area contributed by atoms with Crippen LogP contribution in [0.1, 0.15) is 0 Å². The Bertz CT molecular complexity index is 807. The summed E-state index contributed by atoms with van der Waals surface area (Å²) >= 11 is 0. The number of aromatic nitrogens is 3. The lowest BCUT2D eigenvalue weighted by Crippen LogP contribution is -1.89. The molecule has 0 bridgehead atoms. The van der Waals surface area contributed by atoms with Gasteiger partial charge in [0.1, 0.15) is 0 Å². The Hall–Kier alpha value is -2.94. The van der Waals surface area contributed by atoms with E-state index in [9.17, 15) is 0 Å². The molecule has 2 aromatic heterocycles. The first-order valence-corrected chi connectivity index (χ1v) is 6.86. The monoisotopic (exact) mass is 271 g/mol. The number of hydrogen-bond donors (Lipinski definition) is 1. The number of nitrogens with zero attached hydrogens (tertiary/aromatic N) is 2. The first kappa shape index (κ1) is 11.9. The molecule has 0 aliphatic heterocycles. The molecule has 0 aliphatic carbocycles. The molecule has 0 amide bonds. The molecule has 0 aliphatic rings. The second kappa shape index (κ2) is 4.87. The van der Waals surface area contributed by atoms with Crippen molar-refractivity contribution in [2.24, 2.45) is 0 Å². The molecule has 100 valence electrons. The first-order chi connectivity index (χ1) is 10.4. The number of rotatable bonds is 2. The lowest BCUT2D eigenvalue weighted by atomic mass is 10.0. The van der Waals surface area contributed by atoms with Gasteiger partial charge in [-0.15, -0.1) is 0 Å². The Kier molecular flexibility index (Phi) is 2.75. The molecule has 2 aromatic carbocycles. The zero-order valence-electron chi connectivity index (χ0n) is 11.3. The van der Waals surface area contributed by atoms with Gasteiger partial charge in [-0.2, -0.15) is 0 Å². The van der Waals surface area contributed by atoms with Gasteiger partial charge < -0.3 is 4.98 Å². The van der Waals surface area contributed by atoms with Crippen molar-refractivity contribution in [2.45, 2.75) is 0 Å². The molecule has 0 atom stereocenters. The predicted octanol–water partition coefficient (Wildman–Crippen LogP) is 4.29. The summed E-state index contributed by atoms with van der Waals surface area (Å²) in [6.45, 7) is 0. The SMILES string of the molecule is c1ccc(-c2cnc(-c3ccccc3)c3[nH]cnc23)cc1. The van der Waals surface area contributed by atoms with Gasteiger partial charge in [0.05, 0.1) is 23.1 Å². The number of aromatic amines is 1. The van der Waals surface area contributed by atoms with Crippen molar-refractivity contribution in [2.75, 3.05) is 0 Å². The van der Waals surface area contributed by atoms with Crippen LogP contribution >= 0.6 is 0 Å². The van der Waals surface area contributed by atoms with Gasteiger partial charge in [0.15, 0.2) is 0 Å². The summed E-state index contributed by atoms with van der Waals surface area (Å²) in [7, 11) is 0. The molecule has 1 N–H and O–H groups in total. The van der Waals surface area contributed by atoms with Crippen LogP contribution in [0.15, 0.2) is 73.2 Å². The van der Waals surface area contributed by atoms with E-state index >= 15 is 0 Å². The smallest absolute Gasteiger partial charge is 0.0998 e. The maximum Gasteiger partial charge on any atom is 0.0998 e. The van der Waals surface area contributed by atoms with E-state index in [1.165, 1.54) is 0 Å². The van der Waals surface area contributed by atoms with Crippen LogP contribution in [-0.4, -0.2) is 15.0 Å². The van der Waals surface area contributed by atoms with Gasteiger partial charge in [0, 0.05) is 17.3 Å². The van der Waals surface area contributed by atoms with Gasteiger partial charge in [-0.1, -0.05) is 60.7 Å². The molecule has 0 saturated heterocycles. The number of H-pyrrole nitrogens is 1. The predicted molar refractivity (Wildman–Crippen MR) is 84.8 cm³/mol. The lowest BCUT2D eigenvalue weighted by molar-refractivity contribution is 1.33. The normalized spacial score (nSPS) is 10.9. The van der Waals surface area contributed by atoms with Gasteiger partial charge in [0.2, 0.25) is 0 Å². The van der Waals surface area contributed by atoms with Crippen LogP contribution in [0.4, 0.5) is 0 Å². The molecule has 0 fully saturated rings. The van der Waals surface area contributed by atoms with Gasteiger partial charge >= 0.3 is 0 Å². The average Bonchev–Trinajstić information content (AvgIpc) is 3.05.